The molecule has 1 heterocycles. The van der Waals surface area contributed by atoms with E-state index in [1.54, 1.807) is 12.1 Å². The molecule has 0 bridgehead atoms. The van der Waals surface area contributed by atoms with Crippen molar-refractivity contribution in [3.8, 4) is 0 Å². The highest BCUT2D eigenvalue weighted by molar-refractivity contribution is 7.89. The number of nitrogens with zero attached hydrogens (tertiary/aromatic N) is 1. The van der Waals surface area contributed by atoms with Crippen molar-refractivity contribution in [3.05, 3.63) is 29.3 Å². The first-order chi connectivity index (χ1) is 9.83. The van der Waals surface area contributed by atoms with E-state index in [2.05, 4.69) is 23.6 Å². The van der Waals surface area contributed by atoms with Crippen molar-refractivity contribution in [2.24, 2.45) is 11.7 Å². The molecule has 0 aromatic heterocycles. The van der Waals surface area contributed by atoms with Gasteiger partial charge in [-0.1, -0.05) is 19.1 Å². The molecule has 0 radical (unpaired) electrons. The number of rotatable bonds is 4. The smallest absolute Gasteiger partial charge is 0.241 e. The predicted octanol–water partition coefficient (Wildman–Crippen LogP) is 1.07. The van der Waals surface area contributed by atoms with Crippen LogP contribution in [-0.4, -0.2) is 39.5 Å². The van der Waals surface area contributed by atoms with Gasteiger partial charge in [-0.05, 0) is 50.0 Å². The largest absolute Gasteiger partial charge is 0.326 e. The quantitative estimate of drug-likeness (QED) is 0.872. The molecule has 2 rings (SSSR count). The summed E-state index contributed by atoms with van der Waals surface area (Å²) in [7, 11) is -1.41. The minimum Gasteiger partial charge on any atom is -0.326 e. The SMILES string of the molecule is Cc1cc(CN)ccc1S(=O)(=O)NC1CCN(C)CC1C. The van der Waals surface area contributed by atoms with E-state index in [0.717, 1.165) is 30.6 Å². The monoisotopic (exact) mass is 311 g/mol. The summed E-state index contributed by atoms with van der Waals surface area (Å²) in [5.74, 6) is 0.308. The number of piperidine rings is 1. The normalized spacial score (nSPS) is 24.2. The number of sulfonamides is 1. The van der Waals surface area contributed by atoms with E-state index in [1.165, 1.54) is 0 Å². The average Bonchev–Trinajstić information content (AvgIpc) is 2.41. The van der Waals surface area contributed by atoms with Gasteiger partial charge >= 0.3 is 0 Å². The average molecular weight is 311 g/mol. The summed E-state index contributed by atoms with van der Waals surface area (Å²) < 4.78 is 28.1. The van der Waals surface area contributed by atoms with E-state index < -0.39 is 10.0 Å². The van der Waals surface area contributed by atoms with Gasteiger partial charge in [-0.25, -0.2) is 13.1 Å². The van der Waals surface area contributed by atoms with Crippen LogP contribution < -0.4 is 10.5 Å². The fraction of sp³-hybridized carbons (Fsp3) is 0.600. The number of likely N-dealkylation sites (tertiary alicyclic amines) is 1. The second-order valence-corrected chi connectivity index (χ2v) is 7.74. The van der Waals surface area contributed by atoms with Crippen molar-refractivity contribution in [1.82, 2.24) is 9.62 Å². The van der Waals surface area contributed by atoms with Crippen molar-refractivity contribution in [3.63, 3.8) is 0 Å². The zero-order chi connectivity index (χ0) is 15.6. The maximum Gasteiger partial charge on any atom is 0.241 e. The number of nitrogens with two attached hydrogens (primary N) is 1. The molecule has 2 unspecified atom stereocenters. The molecule has 1 aliphatic heterocycles. The van der Waals surface area contributed by atoms with Gasteiger partial charge < -0.3 is 10.6 Å². The lowest BCUT2D eigenvalue weighted by molar-refractivity contribution is 0.188. The van der Waals surface area contributed by atoms with Crippen molar-refractivity contribution >= 4 is 10.0 Å². The molecule has 21 heavy (non-hydrogen) atoms. The Morgan fingerprint density at radius 1 is 1.43 bits per heavy atom. The van der Waals surface area contributed by atoms with Gasteiger partial charge in [0.05, 0.1) is 4.90 Å². The number of benzene rings is 1. The van der Waals surface area contributed by atoms with E-state index in [1.807, 2.05) is 13.0 Å². The summed E-state index contributed by atoms with van der Waals surface area (Å²) in [5, 5.41) is 0. The van der Waals surface area contributed by atoms with E-state index in [4.69, 9.17) is 5.73 Å². The zero-order valence-electron chi connectivity index (χ0n) is 13.0. The Labute approximate surface area is 127 Å². The topological polar surface area (TPSA) is 75.4 Å². The third-order valence-corrected chi connectivity index (χ3v) is 5.83. The van der Waals surface area contributed by atoms with Gasteiger partial charge in [-0.2, -0.15) is 0 Å². The summed E-state index contributed by atoms with van der Waals surface area (Å²) in [5.41, 5.74) is 7.27. The molecule has 118 valence electrons. The molecule has 6 heteroatoms. The van der Waals surface area contributed by atoms with Gasteiger partial charge in [0.2, 0.25) is 10.0 Å². The first-order valence-electron chi connectivity index (χ1n) is 7.34. The number of hydrogen-bond donors (Lipinski definition) is 2. The summed E-state index contributed by atoms with van der Waals surface area (Å²) in [6.07, 6.45) is 0.844. The Morgan fingerprint density at radius 2 is 2.14 bits per heavy atom. The fourth-order valence-electron chi connectivity index (χ4n) is 2.93. The van der Waals surface area contributed by atoms with Crippen LogP contribution in [0.2, 0.25) is 0 Å². The highest BCUT2D eigenvalue weighted by Crippen LogP contribution is 2.21. The number of hydrogen-bond acceptors (Lipinski definition) is 4. The summed E-state index contributed by atoms with van der Waals surface area (Å²) >= 11 is 0. The maximum absolute atomic E-state index is 12.6. The molecule has 0 aliphatic carbocycles. The summed E-state index contributed by atoms with van der Waals surface area (Å²) in [6, 6.07) is 5.27. The Morgan fingerprint density at radius 3 is 2.71 bits per heavy atom. The lowest BCUT2D eigenvalue weighted by Crippen LogP contribution is -2.48. The van der Waals surface area contributed by atoms with Crippen LogP contribution in [0.15, 0.2) is 23.1 Å². The lowest BCUT2D eigenvalue weighted by Gasteiger charge is -2.35. The van der Waals surface area contributed by atoms with Gasteiger partial charge in [-0.3, -0.25) is 0 Å². The highest BCUT2D eigenvalue weighted by atomic mass is 32.2. The fourth-order valence-corrected chi connectivity index (χ4v) is 4.54. The molecule has 3 N–H and O–H groups in total. The number of aryl methyl sites for hydroxylation is 1. The molecule has 0 amide bonds. The van der Waals surface area contributed by atoms with Crippen molar-refractivity contribution < 1.29 is 8.42 Å². The molecule has 1 aromatic carbocycles. The van der Waals surface area contributed by atoms with Crippen LogP contribution in [-0.2, 0) is 16.6 Å². The van der Waals surface area contributed by atoms with E-state index in [9.17, 15) is 8.42 Å². The first-order valence-corrected chi connectivity index (χ1v) is 8.82. The molecule has 1 aliphatic rings. The standard InChI is InChI=1S/C15H25N3O2S/c1-11-8-13(9-16)4-5-15(11)21(19,20)17-14-6-7-18(3)10-12(14)2/h4-5,8,12,14,17H,6-7,9-10,16H2,1-3H3. The number of nitrogens with one attached hydrogen (secondary N) is 1. The molecule has 2 atom stereocenters. The van der Waals surface area contributed by atoms with Crippen molar-refractivity contribution in [2.75, 3.05) is 20.1 Å². The van der Waals surface area contributed by atoms with Crippen LogP contribution in [0.4, 0.5) is 0 Å². The molecule has 5 nitrogen and oxygen atoms in total. The third-order valence-electron chi connectivity index (χ3n) is 4.18. The molecule has 1 saturated heterocycles. The Hall–Kier alpha value is -0.950. The molecular weight excluding hydrogens is 286 g/mol. The van der Waals surface area contributed by atoms with E-state index in [-0.39, 0.29) is 6.04 Å². The predicted molar refractivity (Wildman–Crippen MR) is 84.5 cm³/mol. The summed E-state index contributed by atoms with van der Waals surface area (Å²) in [6.45, 7) is 6.15. The zero-order valence-corrected chi connectivity index (χ0v) is 13.8. The summed E-state index contributed by atoms with van der Waals surface area (Å²) in [4.78, 5) is 2.59. The Kier molecular flexibility index (Phi) is 5.03. The van der Waals surface area contributed by atoms with Crippen molar-refractivity contribution in [2.45, 2.75) is 37.8 Å². The van der Waals surface area contributed by atoms with E-state index >= 15 is 0 Å². The van der Waals surface area contributed by atoms with Crippen LogP contribution in [0.25, 0.3) is 0 Å². The van der Waals surface area contributed by atoms with Gasteiger partial charge in [0.15, 0.2) is 0 Å². The van der Waals surface area contributed by atoms with Gasteiger partial charge in [0, 0.05) is 19.1 Å². The second kappa shape index (κ2) is 6.44. The van der Waals surface area contributed by atoms with Gasteiger partial charge in [-0.15, -0.1) is 0 Å². The molecule has 1 aromatic rings. The minimum absolute atomic E-state index is 0.000199. The second-order valence-electron chi connectivity index (χ2n) is 6.06. The van der Waals surface area contributed by atoms with Crippen molar-refractivity contribution in [1.29, 1.82) is 0 Å². The van der Waals surface area contributed by atoms with Crippen LogP contribution in [0.1, 0.15) is 24.5 Å². The van der Waals surface area contributed by atoms with Crippen LogP contribution in [0.5, 0.6) is 0 Å². The van der Waals surface area contributed by atoms with E-state index in [0.29, 0.717) is 17.4 Å². The first kappa shape index (κ1) is 16.4. The van der Waals surface area contributed by atoms with Crippen LogP contribution >= 0.6 is 0 Å². The van der Waals surface area contributed by atoms with Gasteiger partial charge in [0.25, 0.3) is 0 Å². The lowest BCUT2D eigenvalue weighted by atomic mass is 9.95. The molecule has 0 spiro atoms. The van der Waals surface area contributed by atoms with Gasteiger partial charge in [0.1, 0.15) is 0 Å². The maximum atomic E-state index is 12.6. The van der Waals surface area contributed by atoms with Crippen LogP contribution in [0.3, 0.4) is 0 Å². The minimum atomic E-state index is -3.48. The molecule has 1 fully saturated rings. The Bertz CT molecular complexity index is 601. The third kappa shape index (κ3) is 3.83. The molecular formula is C15H25N3O2S. The Balaban J connectivity index is 2.19. The molecule has 0 saturated carbocycles. The highest BCUT2D eigenvalue weighted by Gasteiger charge is 2.29. The van der Waals surface area contributed by atoms with Crippen LogP contribution in [0, 0.1) is 12.8 Å².